The van der Waals surface area contributed by atoms with Gasteiger partial charge in [0.25, 0.3) is 5.91 Å². The molecular formula is C10H13ClN2O. The molecule has 0 radical (unpaired) electrons. The van der Waals surface area contributed by atoms with Crippen LogP contribution in [0.4, 0.5) is 0 Å². The van der Waals surface area contributed by atoms with Crippen molar-refractivity contribution < 1.29 is 4.79 Å². The van der Waals surface area contributed by atoms with E-state index in [1.165, 1.54) is 0 Å². The molecule has 14 heavy (non-hydrogen) atoms. The maximum absolute atomic E-state index is 11.5. The van der Waals surface area contributed by atoms with Gasteiger partial charge >= 0.3 is 0 Å². The van der Waals surface area contributed by atoms with Crippen molar-refractivity contribution in [2.75, 3.05) is 12.4 Å². The van der Waals surface area contributed by atoms with Crippen LogP contribution in [0, 0.1) is 5.92 Å². The van der Waals surface area contributed by atoms with Gasteiger partial charge in [0.2, 0.25) is 0 Å². The van der Waals surface area contributed by atoms with Crippen molar-refractivity contribution in [3.8, 4) is 0 Å². The smallest absolute Gasteiger partial charge is 0.252 e. The monoisotopic (exact) mass is 212 g/mol. The second-order valence-corrected chi connectivity index (χ2v) is 3.52. The van der Waals surface area contributed by atoms with E-state index in [0.717, 1.165) is 0 Å². The van der Waals surface area contributed by atoms with Gasteiger partial charge in [0, 0.05) is 24.8 Å². The van der Waals surface area contributed by atoms with Crippen molar-refractivity contribution in [1.82, 2.24) is 10.3 Å². The van der Waals surface area contributed by atoms with Crippen molar-refractivity contribution in [3.63, 3.8) is 0 Å². The van der Waals surface area contributed by atoms with E-state index in [9.17, 15) is 4.79 Å². The molecule has 0 fully saturated rings. The van der Waals surface area contributed by atoms with E-state index in [-0.39, 0.29) is 11.8 Å². The molecule has 0 saturated heterocycles. The first-order chi connectivity index (χ1) is 6.74. The van der Waals surface area contributed by atoms with Crippen LogP contribution < -0.4 is 5.32 Å². The van der Waals surface area contributed by atoms with Crippen LogP contribution in [-0.2, 0) is 0 Å². The molecular weight excluding hydrogens is 200 g/mol. The fourth-order valence-electron chi connectivity index (χ4n) is 0.921. The molecule has 3 nitrogen and oxygen atoms in total. The van der Waals surface area contributed by atoms with Crippen LogP contribution in [0.25, 0.3) is 0 Å². The summed E-state index contributed by atoms with van der Waals surface area (Å²) in [4.78, 5) is 15.3. The molecule has 0 aliphatic carbocycles. The molecule has 0 bridgehead atoms. The molecule has 1 N–H and O–H groups in total. The van der Waals surface area contributed by atoms with Gasteiger partial charge in [-0.1, -0.05) is 6.92 Å². The number of aromatic nitrogens is 1. The van der Waals surface area contributed by atoms with Gasteiger partial charge in [-0.25, -0.2) is 0 Å². The molecule has 0 saturated carbocycles. The van der Waals surface area contributed by atoms with E-state index in [4.69, 9.17) is 11.6 Å². The predicted octanol–water partition coefficient (Wildman–Crippen LogP) is 1.69. The van der Waals surface area contributed by atoms with Crippen molar-refractivity contribution >= 4 is 17.5 Å². The van der Waals surface area contributed by atoms with Crippen LogP contribution in [0.1, 0.15) is 17.3 Å². The van der Waals surface area contributed by atoms with Gasteiger partial charge in [-0.15, -0.1) is 11.6 Å². The van der Waals surface area contributed by atoms with E-state index in [1.807, 2.05) is 6.92 Å². The number of pyridine rings is 1. The molecule has 1 aromatic rings. The average molecular weight is 213 g/mol. The molecule has 1 heterocycles. The lowest BCUT2D eigenvalue weighted by Gasteiger charge is -2.08. The fraction of sp³-hybridized carbons (Fsp3) is 0.400. The number of hydrogen-bond donors (Lipinski definition) is 1. The number of carbonyl (C=O) groups is 1. The molecule has 1 rings (SSSR count). The molecule has 0 spiro atoms. The molecule has 1 atom stereocenters. The maximum atomic E-state index is 11.5. The lowest BCUT2D eigenvalue weighted by atomic mass is 10.2. The Balaban J connectivity index is 2.44. The number of carbonyl (C=O) groups excluding carboxylic acids is 1. The standard InChI is InChI=1S/C10H13ClN2O/c1-8(5-11)6-13-10(14)9-3-2-4-12-7-9/h2-4,7-8H,5-6H2,1H3,(H,13,14). The van der Waals surface area contributed by atoms with Crippen LogP contribution in [0.5, 0.6) is 0 Å². The summed E-state index contributed by atoms with van der Waals surface area (Å²) >= 11 is 5.62. The Morgan fingerprint density at radius 2 is 2.50 bits per heavy atom. The van der Waals surface area contributed by atoms with Gasteiger partial charge in [0.05, 0.1) is 5.56 Å². The van der Waals surface area contributed by atoms with Crippen LogP contribution in [0.2, 0.25) is 0 Å². The van der Waals surface area contributed by atoms with Gasteiger partial charge in [-0.3, -0.25) is 9.78 Å². The second-order valence-electron chi connectivity index (χ2n) is 3.21. The Morgan fingerprint density at radius 3 is 3.07 bits per heavy atom. The van der Waals surface area contributed by atoms with Crippen LogP contribution in [0.15, 0.2) is 24.5 Å². The minimum atomic E-state index is -0.102. The molecule has 4 heteroatoms. The van der Waals surface area contributed by atoms with E-state index < -0.39 is 0 Å². The third kappa shape index (κ3) is 3.34. The maximum Gasteiger partial charge on any atom is 0.252 e. The highest BCUT2D eigenvalue weighted by Crippen LogP contribution is 1.98. The fourth-order valence-corrected chi connectivity index (χ4v) is 1.03. The minimum absolute atomic E-state index is 0.102. The molecule has 1 aromatic heterocycles. The zero-order valence-corrected chi connectivity index (χ0v) is 8.79. The van der Waals surface area contributed by atoms with Gasteiger partial charge in [0.15, 0.2) is 0 Å². The summed E-state index contributed by atoms with van der Waals surface area (Å²) in [6.07, 6.45) is 3.18. The Kier molecular flexibility index (Phi) is 4.40. The Labute approximate surface area is 88.5 Å². The van der Waals surface area contributed by atoms with Crippen molar-refractivity contribution in [1.29, 1.82) is 0 Å². The topological polar surface area (TPSA) is 42.0 Å². The van der Waals surface area contributed by atoms with Gasteiger partial charge in [-0.05, 0) is 18.1 Å². The quantitative estimate of drug-likeness (QED) is 0.772. The Bertz CT molecular complexity index is 289. The molecule has 1 unspecified atom stereocenters. The largest absolute Gasteiger partial charge is 0.352 e. The highest BCUT2D eigenvalue weighted by molar-refractivity contribution is 6.18. The van der Waals surface area contributed by atoms with Crippen molar-refractivity contribution in [2.45, 2.75) is 6.92 Å². The number of alkyl halides is 1. The van der Waals surface area contributed by atoms with Crippen LogP contribution in [0.3, 0.4) is 0 Å². The average Bonchev–Trinajstić information content (AvgIpc) is 2.26. The number of hydrogen-bond acceptors (Lipinski definition) is 2. The first-order valence-electron chi connectivity index (χ1n) is 4.48. The predicted molar refractivity (Wildman–Crippen MR) is 56.5 cm³/mol. The number of nitrogens with zero attached hydrogens (tertiary/aromatic N) is 1. The lowest BCUT2D eigenvalue weighted by Crippen LogP contribution is -2.28. The first kappa shape index (κ1) is 11.0. The van der Waals surface area contributed by atoms with Crippen LogP contribution >= 0.6 is 11.6 Å². The number of nitrogens with one attached hydrogen (secondary N) is 1. The van der Waals surface area contributed by atoms with Crippen molar-refractivity contribution in [3.05, 3.63) is 30.1 Å². The second kappa shape index (κ2) is 5.60. The van der Waals surface area contributed by atoms with Gasteiger partial charge < -0.3 is 5.32 Å². The summed E-state index contributed by atoms with van der Waals surface area (Å²) in [7, 11) is 0. The summed E-state index contributed by atoms with van der Waals surface area (Å²) < 4.78 is 0. The molecule has 76 valence electrons. The van der Waals surface area contributed by atoms with Crippen LogP contribution in [-0.4, -0.2) is 23.3 Å². The van der Waals surface area contributed by atoms with E-state index in [1.54, 1.807) is 24.5 Å². The number of amides is 1. The van der Waals surface area contributed by atoms with E-state index in [2.05, 4.69) is 10.3 Å². The summed E-state index contributed by atoms with van der Waals surface area (Å²) in [6, 6.07) is 3.47. The first-order valence-corrected chi connectivity index (χ1v) is 5.01. The molecule has 0 aliphatic heterocycles. The minimum Gasteiger partial charge on any atom is -0.352 e. The van der Waals surface area contributed by atoms with Gasteiger partial charge in [-0.2, -0.15) is 0 Å². The van der Waals surface area contributed by atoms with E-state index >= 15 is 0 Å². The molecule has 1 amide bonds. The molecule has 0 aliphatic rings. The Morgan fingerprint density at radius 1 is 1.71 bits per heavy atom. The summed E-state index contributed by atoms with van der Waals surface area (Å²) in [5.74, 6) is 0.736. The summed E-state index contributed by atoms with van der Waals surface area (Å²) in [5.41, 5.74) is 0.578. The third-order valence-corrected chi connectivity index (χ3v) is 2.33. The normalized spacial score (nSPS) is 12.1. The summed E-state index contributed by atoms with van der Waals surface area (Å²) in [6.45, 7) is 2.58. The number of rotatable bonds is 4. The lowest BCUT2D eigenvalue weighted by molar-refractivity contribution is 0.0949. The van der Waals surface area contributed by atoms with Crippen molar-refractivity contribution in [2.24, 2.45) is 5.92 Å². The zero-order chi connectivity index (χ0) is 10.4. The molecule has 0 aromatic carbocycles. The van der Waals surface area contributed by atoms with E-state index in [0.29, 0.717) is 18.0 Å². The SMILES string of the molecule is CC(CCl)CNC(=O)c1cccnc1. The summed E-state index contributed by atoms with van der Waals surface area (Å²) in [5, 5.41) is 2.79. The zero-order valence-electron chi connectivity index (χ0n) is 8.03. The number of halogens is 1. The van der Waals surface area contributed by atoms with Gasteiger partial charge in [0.1, 0.15) is 0 Å². The highest BCUT2D eigenvalue weighted by Gasteiger charge is 2.06. The Hall–Kier alpha value is -1.09. The highest BCUT2D eigenvalue weighted by atomic mass is 35.5. The third-order valence-electron chi connectivity index (χ3n) is 1.80.